The van der Waals surface area contributed by atoms with Gasteiger partial charge in [-0.3, -0.25) is 0 Å². The molecular weight excluding hydrogens is 411 g/mol. The first-order valence-electron chi connectivity index (χ1n) is 8.65. The third kappa shape index (κ3) is 2.41. The molecule has 1 aliphatic carbocycles. The van der Waals surface area contributed by atoms with Gasteiger partial charge in [0.05, 0.1) is 0 Å². The molecule has 0 spiro atoms. The number of phenols is 1. The summed E-state index contributed by atoms with van der Waals surface area (Å²) in [6.45, 7) is 2.30. The average molecular weight is 440 g/mol. The summed E-state index contributed by atoms with van der Waals surface area (Å²) >= 11 is -1.37. The SMILES string of the molecule is C.C#C[C@]1(O)CCI2[C@@H]3CCc4cc(O)ccc4C3CCC[C@@]21C. The van der Waals surface area contributed by atoms with Crippen molar-refractivity contribution in [2.24, 2.45) is 0 Å². The van der Waals surface area contributed by atoms with Gasteiger partial charge in [0, 0.05) is 0 Å². The number of halogens is 1. The van der Waals surface area contributed by atoms with Gasteiger partial charge in [0.1, 0.15) is 0 Å². The zero-order valence-corrected chi connectivity index (χ0v) is 15.8. The topological polar surface area (TPSA) is 40.5 Å². The van der Waals surface area contributed by atoms with Crippen LogP contribution < -0.4 is 0 Å². The fourth-order valence-electron chi connectivity index (χ4n) is 5.07. The number of aryl methyl sites for hydroxylation is 1. The number of alkyl halides is 3. The van der Waals surface area contributed by atoms with E-state index in [0.29, 0.717) is 11.7 Å². The van der Waals surface area contributed by atoms with Crippen molar-refractivity contribution in [1.82, 2.24) is 0 Å². The van der Waals surface area contributed by atoms with Gasteiger partial charge in [-0.25, -0.2) is 0 Å². The van der Waals surface area contributed by atoms with Gasteiger partial charge in [0.2, 0.25) is 0 Å². The van der Waals surface area contributed by atoms with E-state index < -0.39 is 25.4 Å². The molecule has 24 heavy (non-hydrogen) atoms. The van der Waals surface area contributed by atoms with Gasteiger partial charge in [-0.1, -0.05) is 7.43 Å². The Labute approximate surface area is 153 Å². The molecule has 4 rings (SSSR count). The third-order valence-electron chi connectivity index (χ3n) is 6.45. The number of benzene rings is 1. The molecule has 2 saturated heterocycles. The number of phenolic OH excluding ortho intramolecular Hbond substituents is 1. The van der Waals surface area contributed by atoms with Crippen LogP contribution in [0.3, 0.4) is 0 Å². The second kappa shape index (κ2) is 6.21. The van der Waals surface area contributed by atoms with Crippen LogP contribution in [0.5, 0.6) is 5.75 Å². The first-order chi connectivity index (χ1) is 11.0. The van der Waals surface area contributed by atoms with Crippen molar-refractivity contribution in [3.63, 3.8) is 0 Å². The molecule has 0 aromatic heterocycles. The van der Waals surface area contributed by atoms with E-state index in [0.717, 1.165) is 29.6 Å². The molecule has 2 nitrogen and oxygen atoms in total. The van der Waals surface area contributed by atoms with Crippen LogP contribution in [0.25, 0.3) is 0 Å². The minimum atomic E-state index is -1.37. The van der Waals surface area contributed by atoms with E-state index in [9.17, 15) is 10.2 Å². The van der Waals surface area contributed by atoms with E-state index in [1.54, 1.807) is 0 Å². The Hall–Kier alpha value is -0.730. The molecule has 1 aromatic carbocycles. The van der Waals surface area contributed by atoms with E-state index in [2.05, 4.69) is 18.9 Å². The van der Waals surface area contributed by atoms with Gasteiger partial charge in [0.25, 0.3) is 0 Å². The third-order valence-corrected chi connectivity index (χ3v) is 16.1. The van der Waals surface area contributed by atoms with Crippen LogP contribution in [0.2, 0.25) is 0 Å². The molecule has 0 amide bonds. The van der Waals surface area contributed by atoms with Crippen LogP contribution in [0.15, 0.2) is 18.2 Å². The predicted molar refractivity (Wildman–Crippen MR) is 109 cm³/mol. The van der Waals surface area contributed by atoms with E-state index in [1.807, 2.05) is 12.1 Å². The minimum absolute atomic E-state index is 0. The monoisotopic (exact) mass is 440 g/mol. The normalized spacial score (nSPS) is 38.8. The molecule has 0 radical (unpaired) electrons. The number of hydrogen-bond acceptors (Lipinski definition) is 2. The van der Waals surface area contributed by atoms with Crippen molar-refractivity contribution >= 4 is 19.8 Å². The molecule has 4 atom stereocenters. The maximum absolute atomic E-state index is 11.1. The summed E-state index contributed by atoms with van der Waals surface area (Å²) in [5, 5.41) is 20.9. The van der Waals surface area contributed by atoms with Crippen molar-refractivity contribution in [3.05, 3.63) is 29.3 Å². The summed E-state index contributed by atoms with van der Waals surface area (Å²) in [4.78, 5) is 0. The van der Waals surface area contributed by atoms with Crippen LogP contribution in [0, 0.1) is 12.3 Å². The zero-order chi connectivity index (χ0) is 16.2. The van der Waals surface area contributed by atoms with E-state index in [-0.39, 0.29) is 10.8 Å². The summed E-state index contributed by atoms with van der Waals surface area (Å²) in [6.07, 6.45) is 12.4. The van der Waals surface area contributed by atoms with Crippen LogP contribution in [0.1, 0.15) is 63.5 Å². The molecule has 3 aliphatic rings. The first-order valence-corrected chi connectivity index (χ1v) is 12.5. The predicted octanol–water partition coefficient (Wildman–Crippen LogP) is 4.64. The fourth-order valence-corrected chi connectivity index (χ4v) is 15.7. The van der Waals surface area contributed by atoms with Crippen molar-refractivity contribution in [2.75, 3.05) is 4.43 Å². The Morgan fingerprint density at radius 3 is 2.83 bits per heavy atom. The van der Waals surface area contributed by atoms with Crippen molar-refractivity contribution in [2.45, 2.75) is 71.7 Å². The van der Waals surface area contributed by atoms with Crippen molar-refractivity contribution in [3.8, 4) is 18.1 Å². The molecule has 3 heteroatoms. The maximum atomic E-state index is 11.1. The van der Waals surface area contributed by atoms with Gasteiger partial charge in [-0.2, -0.15) is 0 Å². The standard InChI is InChI=1S/C20H25IO2.CH4/c1-3-20(23)11-12-21-18-9-6-14-13-15(22)7-8-16(14)17(18)5-4-10-19(20,21)2;/h1,7-8,13,17-18,22-23H,4-6,9-12H2,2H3;1H4/t17?,18-,19-,20+;/m1./s1. The van der Waals surface area contributed by atoms with Crippen LogP contribution >= 0.6 is 19.8 Å². The molecule has 132 valence electrons. The number of terminal acetylenes is 1. The Morgan fingerprint density at radius 1 is 1.29 bits per heavy atom. The number of aromatic hydroxyl groups is 1. The summed E-state index contributed by atoms with van der Waals surface area (Å²) in [5.74, 6) is 3.81. The Kier molecular flexibility index (Phi) is 4.68. The molecule has 0 bridgehead atoms. The summed E-state index contributed by atoms with van der Waals surface area (Å²) in [6, 6.07) is 5.97. The van der Waals surface area contributed by atoms with Crippen LogP contribution in [-0.4, -0.2) is 27.6 Å². The number of fused-ring (bicyclic) bond motifs is 5. The summed E-state index contributed by atoms with van der Waals surface area (Å²) < 4.78 is 1.99. The van der Waals surface area contributed by atoms with Crippen LogP contribution in [-0.2, 0) is 6.42 Å². The molecule has 2 fully saturated rings. The Morgan fingerprint density at radius 2 is 2.08 bits per heavy atom. The number of aliphatic hydroxyl groups is 1. The zero-order valence-electron chi connectivity index (χ0n) is 13.7. The first kappa shape index (κ1) is 18.1. The molecular formula is C21H29IO2. The number of rotatable bonds is 0. The fraction of sp³-hybridized carbons (Fsp3) is 0.619. The average Bonchev–Trinajstić information content (AvgIpc) is 2.70. The second-order valence-corrected chi connectivity index (χ2v) is 14.8. The molecule has 1 unspecified atom stereocenters. The molecule has 2 heterocycles. The molecule has 0 saturated carbocycles. The van der Waals surface area contributed by atoms with Gasteiger partial charge in [-0.05, 0) is 0 Å². The van der Waals surface area contributed by atoms with Gasteiger partial charge >= 0.3 is 146 Å². The summed E-state index contributed by atoms with van der Waals surface area (Å²) in [7, 11) is 0. The molecule has 1 aromatic rings. The van der Waals surface area contributed by atoms with Gasteiger partial charge in [-0.15, -0.1) is 0 Å². The Balaban J connectivity index is 0.00000169. The quantitative estimate of drug-likeness (QED) is 0.351. The van der Waals surface area contributed by atoms with Gasteiger partial charge in [0.15, 0.2) is 0 Å². The second-order valence-electron chi connectivity index (χ2n) is 7.47. The molecule has 2 aliphatic heterocycles. The summed E-state index contributed by atoms with van der Waals surface area (Å²) in [5.41, 5.74) is 1.95. The Bertz CT molecular complexity index is 679. The van der Waals surface area contributed by atoms with E-state index in [4.69, 9.17) is 6.42 Å². The van der Waals surface area contributed by atoms with Gasteiger partial charge < -0.3 is 0 Å². The van der Waals surface area contributed by atoms with Crippen molar-refractivity contribution < 1.29 is 10.2 Å². The van der Waals surface area contributed by atoms with E-state index in [1.165, 1.54) is 28.4 Å². The van der Waals surface area contributed by atoms with Crippen molar-refractivity contribution in [1.29, 1.82) is 0 Å². The van der Waals surface area contributed by atoms with E-state index >= 15 is 0 Å². The molecule has 2 N–H and O–H groups in total. The number of hydrogen-bond donors (Lipinski definition) is 2. The van der Waals surface area contributed by atoms with Crippen LogP contribution in [0.4, 0.5) is 0 Å².